The summed E-state index contributed by atoms with van der Waals surface area (Å²) in [7, 11) is 0. The van der Waals surface area contributed by atoms with Crippen LogP contribution in [0.15, 0.2) is 0 Å². The summed E-state index contributed by atoms with van der Waals surface area (Å²) >= 11 is 0. The van der Waals surface area contributed by atoms with Crippen LogP contribution in [0, 0.1) is 5.41 Å². The van der Waals surface area contributed by atoms with Crippen LogP contribution in [0.1, 0.15) is 48.0 Å². The van der Waals surface area contributed by atoms with Crippen LogP contribution < -0.4 is 0 Å². The third-order valence-corrected chi connectivity index (χ3v) is 3.57. The average Bonchev–Trinajstić information content (AvgIpc) is 2.28. The van der Waals surface area contributed by atoms with Crippen LogP contribution in [-0.4, -0.2) is 48.8 Å². The normalized spacial score (nSPS) is 20.1. The Morgan fingerprint density at radius 1 is 1.21 bits per heavy atom. The molecule has 1 aliphatic rings. The fourth-order valence-corrected chi connectivity index (χ4v) is 2.40. The van der Waals surface area contributed by atoms with Crippen molar-refractivity contribution < 1.29 is 14.3 Å². The second-order valence-electron chi connectivity index (χ2n) is 7.08. The highest BCUT2D eigenvalue weighted by molar-refractivity contribution is 5.75. The molecule has 0 aliphatic carbocycles. The molecule has 1 heterocycles. The Kier molecular flexibility index (Phi) is 5.39. The largest absolute Gasteiger partial charge is 0.462 e. The third kappa shape index (κ3) is 5.11. The van der Waals surface area contributed by atoms with Gasteiger partial charge in [-0.1, -0.05) is 0 Å². The maximum atomic E-state index is 11.9. The molecule has 112 valence electrons. The lowest BCUT2D eigenvalue weighted by Crippen LogP contribution is -2.51. The number of rotatable bonds is 4. The molecule has 0 bridgehead atoms. The van der Waals surface area contributed by atoms with Crippen molar-refractivity contribution in [1.29, 1.82) is 0 Å². The van der Waals surface area contributed by atoms with E-state index in [1.54, 1.807) is 0 Å². The first-order valence-corrected chi connectivity index (χ1v) is 7.17. The molecule has 1 atom stereocenters. The second kappa shape index (κ2) is 6.23. The van der Waals surface area contributed by atoms with Gasteiger partial charge in [-0.05, 0) is 41.5 Å². The number of morpholine rings is 1. The first kappa shape index (κ1) is 16.4. The Morgan fingerprint density at radius 2 is 1.74 bits per heavy atom. The zero-order valence-corrected chi connectivity index (χ0v) is 13.3. The van der Waals surface area contributed by atoms with Gasteiger partial charge in [0.1, 0.15) is 6.10 Å². The van der Waals surface area contributed by atoms with Crippen molar-refractivity contribution in [1.82, 2.24) is 4.90 Å². The van der Waals surface area contributed by atoms with E-state index in [0.29, 0.717) is 0 Å². The van der Waals surface area contributed by atoms with Gasteiger partial charge in [-0.3, -0.25) is 9.69 Å². The van der Waals surface area contributed by atoms with E-state index >= 15 is 0 Å². The average molecular weight is 271 g/mol. The summed E-state index contributed by atoms with van der Waals surface area (Å²) in [6.07, 6.45) is 0.777. The maximum absolute atomic E-state index is 11.9. The van der Waals surface area contributed by atoms with Crippen LogP contribution in [0.25, 0.3) is 0 Å². The van der Waals surface area contributed by atoms with Gasteiger partial charge >= 0.3 is 5.97 Å². The highest BCUT2D eigenvalue weighted by atomic mass is 16.5. The molecule has 0 saturated carbocycles. The van der Waals surface area contributed by atoms with Crippen LogP contribution in [0.4, 0.5) is 0 Å². The van der Waals surface area contributed by atoms with Crippen molar-refractivity contribution in [3.8, 4) is 0 Å². The zero-order chi connectivity index (χ0) is 14.7. The number of nitrogens with zero attached hydrogens (tertiary/aromatic N) is 1. The monoisotopic (exact) mass is 271 g/mol. The van der Waals surface area contributed by atoms with Gasteiger partial charge in [-0.2, -0.15) is 0 Å². The molecule has 0 N–H and O–H groups in total. The van der Waals surface area contributed by atoms with Gasteiger partial charge in [0.2, 0.25) is 0 Å². The standard InChI is InChI=1S/C15H29NO3/c1-12(19-13(17)14(2,3)4)11-15(5,6)16-7-9-18-10-8-16/h12H,7-11H2,1-6H3/t12-/m0/s1. The number of hydrogen-bond donors (Lipinski definition) is 0. The molecule has 0 radical (unpaired) electrons. The zero-order valence-electron chi connectivity index (χ0n) is 13.3. The number of carbonyl (C=O) groups is 1. The summed E-state index contributed by atoms with van der Waals surface area (Å²) in [5.41, 5.74) is -0.404. The topological polar surface area (TPSA) is 38.8 Å². The van der Waals surface area contributed by atoms with E-state index in [1.807, 2.05) is 27.7 Å². The number of esters is 1. The van der Waals surface area contributed by atoms with Crippen LogP contribution in [-0.2, 0) is 14.3 Å². The van der Waals surface area contributed by atoms with Gasteiger partial charge < -0.3 is 9.47 Å². The van der Waals surface area contributed by atoms with E-state index in [0.717, 1.165) is 32.7 Å². The first-order chi connectivity index (χ1) is 8.63. The predicted molar refractivity (Wildman–Crippen MR) is 76.1 cm³/mol. The molecule has 1 rings (SSSR count). The van der Waals surface area contributed by atoms with E-state index in [1.165, 1.54) is 0 Å². The third-order valence-electron chi connectivity index (χ3n) is 3.57. The van der Waals surface area contributed by atoms with Crippen LogP contribution in [0.3, 0.4) is 0 Å². The van der Waals surface area contributed by atoms with Gasteiger partial charge in [-0.15, -0.1) is 0 Å². The Morgan fingerprint density at radius 3 is 2.21 bits per heavy atom. The SMILES string of the molecule is C[C@@H](CC(C)(C)N1CCOCC1)OC(=O)C(C)(C)C. The lowest BCUT2D eigenvalue weighted by molar-refractivity contribution is -0.159. The summed E-state index contributed by atoms with van der Waals surface area (Å²) in [6.45, 7) is 15.5. The molecule has 1 aliphatic heterocycles. The van der Waals surface area contributed by atoms with Crippen LogP contribution in [0.5, 0.6) is 0 Å². The molecular formula is C15H29NO3. The van der Waals surface area contributed by atoms with Gasteiger partial charge in [0.05, 0.1) is 18.6 Å². The molecule has 0 aromatic rings. The van der Waals surface area contributed by atoms with Crippen molar-refractivity contribution in [3.05, 3.63) is 0 Å². The molecule has 0 aromatic carbocycles. The van der Waals surface area contributed by atoms with E-state index in [4.69, 9.17) is 9.47 Å². The molecule has 1 fully saturated rings. The van der Waals surface area contributed by atoms with Gasteiger partial charge in [0, 0.05) is 25.0 Å². The Bertz CT molecular complexity index is 301. The highest BCUT2D eigenvalue weighted by Gasteiger charge is 2.32. The number of ether oxygens (including phenoxy) is 2. The summed E-state index contributed by atoms with van der Waals surface area (Å²) < 4.78 is 10.9. The Hall–Kier alpha value is -0.610. The maximum Gasteiger partial charge on any atom is 0.311 e. The van der Waals surface area contributed by atoms with Gasteiger partial charge in [0.15, 0.2) is 0 Å². The lowest BCUT2D eigenvalue weighted by atomic mass is 9.93. The molecule has 4 heteroatoms. The molecule has 0 spiro atoms. The van der Waals surface area contributed by atoms with Crippen molar-refractivity contribution in [2.45, 2.75) is 59.6 Å². The van der Waals surface area contributed by atoms with E-state index in [9.17, 15) is 4.79 Å². The Labute approximate surface area is 117 Å². The summed E-state index contributed by atoms with van der Waals surface area (Å²) in [6, 6.07) is 0. The second-order valence-corrected chi connectivity index (χ2v) is 7.08. The predicted octanol–water partition coefficient (Wildman–Crippen LogP) is 2.47. The van der Waals surface area contributed by atoms with E-state index in [-0.39, 0.29) is 17.6 Å². The van der Waals surface area contributed by atoms with Crippen molar-refractivity contribution >= 4 is 5.97 Å². The fourth-order valence-electron chi connectivity index (χ4n) is 2.40. The number of carbonyl (C=O) groups excluding carboxylic acids is 1. The highest BCUT2D eigenvalue weighted by Crippen LogP contribution is 2.25. The van der Waals surface area contributed by atoms with Crippen LogP contribution in [0.2, 0.25) is 0 Å². The minimum Gasteiger partial charge on any atom is -0.462 e. The minimum atomic E-state index is -0.433. The molecular weight excluding hydrogens is 242 g/mol. The molecule has 0 unspecified atom stereocenters. The molecule has 4 nitrogen and oxygen atoms in total. The Balaban J connectivity index is 2.50. The van der Waals surface area contributed by atoms with Gasteiger partial charge in [0.25, 0.3) is 0 Å². The number of hydrogen-bond acceptors (Lipinski definition) is 4. The summed E-state index contributed by atoms with van der Waals surface area (Å²) in [4.78, 5) is 14.3. The van der Waals surface area contributed by atoms with Crippen LogP contribution >= 0.6 is 0 Å². The summed E-state index contributed by atoms with van der Waals surface area (Å²) in [5, 5.41) is 0. The van der Waals surface area contributed by atoms with Crippen molar-refractivity contribution in [2.75, 3.05) is 26.3 Å². The molecule has 0 amide bonds. The van der Waals surface area contributed by atoms with Gasteiger partial charge in [-0.25, -0.2) is 0 Å². The summed E-state index contributed by atoms with van der Waals surface area (Å²) in [5.74, 6) is -0.127. The van der Waals surface area contributed by atoms with Crippen molar-refractivity contribution in [2.24, 2.45) is 5.41 Å². The quantitative estimate of drug-likeness (QED) is 0.736. The smallest absolute Gasteiger partial charge is 0.311 e. The van der Waals surface area contributed by atoms with E-state index < -0.39 is 5.41 Å². The van der Waals surface area contributed by atoms with Crippen molar-refractivity contribution in [3.63, 3.8) is 0 Å². The first-order valence-electron chi connectivity index (χ1n) is 7.17. The minimum absolute atomic E-state index is 0.0291. The molecule has 19 heavy (non-hydrogen) atoms. The fraction of sp³-hybridized carbons (Fsp3) is 0.933. The molecule has 0 aromatic heterocycles. The lowest BCUT2D eigenvalue weighted by Gasteiger charge is -2.42. The van der Waals surface area contributed by atoms with E-state index in [2.05, 4.69) is 18.7 Å². The molecule has 1 saturated heterocycles.